The summed E-state index contributed by atoms with van der Waals surface area (Å²) in [6.07, 6.45) is 12.6. The molecule has 0 aromatic heterocycles. The maximum atomic E-state index is 13.2. The average Bonchev–Trinajstić information content (AvgIpc) is 2.89. The van der Waals surface area contributed by atoms with Gasteiger partial charge in [0.25, 0.3) is 0 Å². The van der Waals surface area contributed by atoms with E-state index in [2.05, 4.69) is 41.4 Å². The van der Waals surface area contributed by atoms with Gasteiger partial charge in [0.2, 0.25) is 5.91 Å². The summed E-state index contributed by atoms with van der Waals surface area (Å²) in [5.74, 6) is -0.0117. The minimum Gasteiger partial charge on any atom is -0.369 e. The Kier molecular flexibility index (Phi) is 11.8. The highest BCUT2D eigenvalue weighted by atomic mass is 16.1. The van der Waals surface area contributed by atoms with Gasteiger partial charge < -0.3 is 16.0 Å². The van der Waals surface area contributed by atoms with Gasteiger partial charge in [-0.2, -0.15) is 0 Å². The van der Waals surface area contributed by atoms with Crippen molar-refractivity contribution in [1.29, 1.82) is 0 Å². The fourth-order valence-electron chi connectivity index (χ4n) is 5.89. The molecule has 4 heteroatoms. The highest BCUT2D eigenvalue weighted by Gasteiger charge is 2.47. The summed E-state index contributed by atoms with van der Waals surface area (Å²) in [4.78, 5) is 15.8. The van der Waals surface area contributed by atoms with Gasteiger partial charge in [0.05, 0.1) is 0 Å². The first-order valence-corrected chi connectivity index (χ1v) is 14.0. The molecule has 0 unspecified atom stereocenters. The molecule has 0 spiro atoms. The Morgan fingerprint density at radius 2 is 1.34 bits per heavy atom. The molecule has 1 heterocycles. The third-order valence-corrected chi connectivity index (χ3v) is 7.80. The molecule has 2 aromatic carbocycles. The number of primary amides is 1. The molecule has 1 saturated heterocycles. The number of likely N-dealkylation sites (tertiary alicyclic amines) is 1. The Bertz CT molecular complexity index is 791. The second-order valence-electron chi connectivity index (χ2n) is 10.2. The van der Waals surface area contributed by atoms with Gasteiger partial charge in [0.1, 0.15) is 5.41 Å². The van der Waals surface area contributed by atoms with E-state index < -0.39 is 5.41 Å². The van der Waals surface area contributed by atoms with Crippen molar-refractivity contribution >= 4 is 5.91 Å². The molecule has 0 atom stereocenters. The number of hydrogen-bond acceptors (Lipinski definition) is 3. The summed E-state index contributed by atoms with van der Waals surface area (Å²) in [6.45, 7) is 7.82. The molecule has 35 heavy (non-hydrogen) atoms. The second kappa shape index (κ2) is 15.1. The topological polar surface area (TPSA) is 58.4 Å². The van der Waals surface area contributed by atoms with Crippen molar-refractivity contribution in [2.24, 2.45) is 11.7 Å². The first-order chi connectivity index (χ1) is 17.2. The van der Waals surface area contributed by atoms with E-state index >= 15 is 0 Å². The number of hydrogen-bond donors (Lipinski definition) is 2. The van der Waals surface area contributed by atoms with E-state index in [1.807, 2.05) is 36.4 Å². The third kappa shape index (κ3) is 7.65. The first-order valence-electron chi connectivity index (χ1n) is 14.0. The van der Waals surface area contributed by atoms with Crippen LogP contribution in [0.15, 0.2) is 60.7 Å². The zero-order chi connectivity index (χ0) is 24.8. The van der Waals surface area contributed by atoms with Crippen LogP contribution in [0.2, 0.25) is 0 Å². The van der Waals surface area contributed by atoms with Gasteiger partial charge in [-0.3, -0.25) is 4.79 Å². The van der Waals surface area contributed by atoms with E-state index in [1.165, 1.54) is 64.5 Å². The lowest BCUT2D eigenvalue weighted by molar-refractivity contribution is -0.124. The van der Waals surface area contributed by atoms with Gasteiger partial charge in [-0.25, -0.2) is 0 Å². The lowest BCUT2D eigenvalue weighted by Crippen LogP contribution is -2.51. The first kappa shape index (κ1) is 27.4. The van der Waals surface area contributed by atoms with E-state index in [0.717, 1.165) is 43.6 Å². The van der Waals surface area contributed by atoms with Crippen LogP contribution in [0, 0.1) is 5.92 Å². The molecular formula is C31H47N3O. The molecule has 0 radical (unpaired) electrons. The van der Waals surface area contributed by atoms with Crippen molar-refractivity contribution in [2.45, 2.75) is 76.5 Å². The van der Waals surface area contributed by atoms with Crippen LogP contribution in [0.25, 0.3) is 0 Å². The summed E-state index contributed by atoms with van der Waals surface area (Å²) < 4.78 is 0. The van der Waals surface area contributed by atoms with E-state index in [0.29, 0.717) is 0 Å². The van der Waals surface area contributed by atoms with E-state index in [1.54, 1.807) is 0 Å². The molecule has 1 amide bonds. The molecule has 1 fully saturated rings. The zero-order valence-electron chi connectivity index (χ0n) is 21.9. The molecule has 3 N–H and O–H groups in total. The van der Waals surface area contributed by atoms with E-state index in [4.69, 9.17) is 5.73 Å². The number of carbonyl (C=O) groups excluding carboxylic acids is 1. The second-order valence-corrected chi connectivity index (χ2v) is 10.2. The Morgan fingerprint density at radius 1 is 0.829 bits per heavy atom. The van der Waals surface area contributed by atoms with E-state index in [-0.39, 0.29) is 11.8 Å². The maximum absolute atomic E-state index is 13.2. The van der Waals surface area contributed by atoms with Crippen molar-refractivity contribution in [2.75, 3.05) is 32.7 Å². The molecule has 192 valence electrons. The number of amides is 1. The summed E-state index contributed by atoms with van der Waals surface area (Å²) in [6, 6.07) is 20.4. The lowest BCUT2D eigenvalue weighted by atomic mass is 9.62. The summed E-state index contributed by atoms with van der Waals surface area (Å²) in [5, 5.41) is 3.49. The zero-order valence-corrected chi connectivity index (χ0v) is 21.9. The van der Waals surface area contributed by atoms with Gasteiger partial charge >= 0.3 is 0 Å². The molecule has 1 aliphatic heterocycles. The molecule has 3 rings (SSSR count). The normalized spacial score (nSPS) is 15.3. The van der Waals surface area contributed by atoms with Crippen LogP contribution in [0.1, 0.15) is 82.3 Å². The number of benzene rings is 2. The summed E-state index contributed by atoms with van der Waals surface area (Å²) >= 11 is 0. The number of unbranched alkanes of at least 4 members (excludes halogenated alkanes) is 6. The van der Waals surface area contributed by atoms with Crippen LogP contribution < -0.4 is 11.1 Å². The highest BCUT2D eigenvalue weighted by Crippen LogP contribution is 2.44. The smallest absolute Gasteiger partial charge is 0.232 e. The monoisotopic (exact) mass is 477 g/mol. The summed E-state index contributed by atoms with van der Waals surface area (Å²) in [7, 11) is 0. The Morgan fingerprint density at radius 3 is 1.86 bits per heavy atom. The quantitative estimate of drug-likeness (QED) is 0.296. The van der Waals surface area contributed by atoms with Gasteiger partial charge in [0, 0.05) is 0 Å². The van der Waals surface area contributed by atoms with Crippen molar-refractivity contribution in [1.82, 2.24) is 10.2 Å². The molecule has 1 aliphatic rings. The van der Waals surface area contributed by atoms with Crippen LogP contribution >= 0.6 is 0 Å². The van der Waals surface area contributed by atoms with Gasteiger partial charge in [-0.15, -0.1) is 0 Å². The minimum absolute atomic E-state index is 0.216. The average molecular weight is 478 g/mol. The fourth-order valence-corrected chi connectivity index (χ4v) is 5.89. The predicted octanol–water partition coefficient (Wildman–Crippen LogP) is 5.90. The largest absolute Gasteiger partial charge is 0.369 e. The van der Waals surface area contributed by atoms with E-state index in [9.17, 15) is 4.79 Å². The van der Waals surface area contributed by atoms with Crippen LogP contribution in [-0.4, -0.2) is 43.5 Å². The molecular weight excluding hydrogens is 430 g/mol. The third-order valence-electron chi connectivity index (χ3n) is 7.80. The predicted molar refractivity (Wildman–Crippen MR) is 148 cm³/mol. The molecule has 0 aliphatic carbocycles. The standard InChI is InChI=1S/C31H47N3O/c1-2-22-33-23-14-6-4-3-5-7-15-24-34-25-20-29(21-26-34)31(30(32)35,27-16-10-8-11-17-27)28-18-12-9-13-19-28/h8-13,16-19,29,33H,2-7,14-15,20-26H2,1H3,(H2,32,35). The Labute approximate surface area is 213 Å². The SMILES string of the molecule is CCCNCCCCCCCCCN1CCC(C(C(N)=O)(c2ccccc2)c2ccccc2)CC1. The van der Waals surface area contributed by atoms with Crippen molar-refractivity contribution in [3.8, 4) is 0 Å². The molecule has 2 aromatic rings. The maximum Gasteiger partial charge on any atom is 0.232 e. The number of nitrogens with two attached hydrogens (primary N) is 1. The van der Waals surface area contributed by atoms with Crippen molar-refractivity contribution in [3.05, 3.63) is 71.8 Å². The Balaban J connectivity index is 1.46. The van der Waals surface area contributed by atoms with Crippen LogP contribution in [-0.2, 0) is 10.2 Å². The molecule has 0 saturated carbocycles. The number of nitrogens with one attached hydrogen (secondary N) is 1. The fraction of sp³-hybridized carbons (Fsp3) is 0.581. The van der Waals surface area contributed by atoms with Crippen molar-refractivity contribution < 1.29 is 4.79 Å². The number of nitrogens with zero attached hydrogens (tertiary/aromatic N) is 1. The van der Waals surface area contributed by atoms with Crippen LogP contribution in [0.3, 0.4) is 0 Å². The van der Waals surface area contributed by atoms with Crippen molar-refractivity contribution in [3.63, 3.8) is 0 Å². The van der Waals surface area contributed by atoms with Crippen LogP contribution in [0.5, 0.6) is 0 Å². The molecule has 4 nitrogen and oxygen atoms in total. The Hall–Kier alpha value is -2.17. The molecule has 0 bridgehead atoms. The van der Waals surface area contributed by atoms with Crippen LogP contribution in [0.4, 0.5) is 0 Å². The lowest BCUT2D eigenvalue weighted by Gasteiger charge is -2.43. The summed E-state index contributed by atoms with van der Waals surface area (Å²) in [5.41, 5.74) is 7.51. The number of carbonyl (C=O) groups is 1. The number of piperidine rings is 1. The van der Waals surface area contributed by atoms with Gasteiger partial charge in [0.15, 0.2) is 0 Å². The minimum atomic E-state index is -0.763. The van der Waals surface area contributed by atoms with Gasteiger partial charge in [-0.1, -0.05) is 99.7 Å². The van der Waals surface area contributed by atoms with Gasteiger partial charge in [-0.05, 0) is 81.9 Å². The highest BCUT2D eigenvalue weighted by molar-refractivity contribution is 5.91. The number of rotatable bonds is 16.